The summed E-state index contributed by atoms with van der Waals surface area (Å²) in [5.41, 5.74) is -0.233. The van der Waals surface area contributed by atoms with Crippen molar-refractivity contribution < 1.29 is 22.8 Å². The highest BCUT2D eigenvalue weighted by atomic mass is 32.2. The van der Waals surface area contributed by atoms with Gasteiger partial charge >= 0.3 is 6.18 Å². The Balaban J connectivity index is 1.73. The normalized spacial score (nSPS) is 18.9. The lowest BCUT2D eigenvalue weighted by Gasteiger charge is -2.22. The predicted molar refractivity (Wildman–Crippen MR) is 97.7 cm³/mol. The number of carbonyl (C=O) groups is 2. The Morgan fingerprint density at radius 1 is 1.15 bits per heavy atom. The Labute approximate surface area is 157 Å². The van der Waals surface area contributed by atoms with Crippen molar-refractivity contribution in [2.45, 2.75) is 17.8 Å². The number of anilines is 1. The van der Waals surface area contributed by atoms with Crippen LogP contribution in [0.2, 0.25) is 0 Å². The van der Waals surface area contributed by atoms with Gasteiger partial charge in [-0.15, -0.1) is 0 Å². The molecule has 1 fully saturated rings. The lowest BCUT2D eigenvalue weighted by atomic mass is 10.2. The zero-order valence-electron chi connectivity index (χ0n) is 13.8. The van der Waals surface area contributed by atoms with Crippen molar-refractivity contribution in [1.82, 2.24) is 5.32 Å². The maximum Gasteiger partial charge on any atom is 0.416 e. The molecule has 1 atom stereocenters. The van der Waals surface area contributed by atoms with Crippen molar-refractivity contribution in [3.8, 4) is 0 Å². The summed E-state index contributed by atoms with van der Waals surface area (Å²) in [6.45, 7) is 0. The molecule has 1 heterocycles. The third-order valence-electron chi connectivity index (χ3n) is 3.61. The first-order valence-corrected chi connectivity index (χ1v) is 8.77. The topological polar surface area (TPSA) is 70.6 Å². The molecule has 1 aliphatic rings. The second kappa shape index (κ2) is 7.83. The zero-order chi connectivity index (χ0) is 19.4. The summed E-state index contributed by atoms with van der Waals surface area (Å²) in [5.74, 6) is -0.942. The van der Waals surface area contributed by atoms with Crippen molar-refractivity contribution in [3.05, 3.63) is 60.2 Å². The molecule has 0 aliphatic carbocycles. The minimum absolute atomic E-state index is 0.0166. The third kappa shape index (κ3) is 5.10. The molecule has 0 radical (unpaired) electrons. The third-order valence-corrected chi connectivity index (χ3v) is 4.69. The highest BCUT2D eigenvalue weighted by Gasteiger charge is 2.32. The van der Waals surface area contributed by atoms with E-state index in [1.165, 1.54) is 12.1 Å². The number of halogens is 3. The maximum atomic E-state index is 12.8. The molecule has 2 aromatic carbocycles. The minimum atomic E-state index is -4.50. The van der Waals surface area contributed by atoms with Gasteiger partial charge in [0.1, 0.15) is 5.25 Å². The average Bonchev–Trinajstić information content (AvgIpc) is 2.61. The van der Waals surface area contributed by atoms with Crippen LogP contribution in [-0.4, -0.2) is 22.2 Å². The molecule has 2 amide bonds. The van der Waals surface area contributed by atoms with Gasteiger partial charge in [-0.3, -0.25) is 9.59 Å². The van der Waals surface area contributed by atoms with Crippen molar-refractivity contribution in [1.29, 1.82) is 0 Å². The van der Waals surface area contributed by atoms with E-state index in [1.54, 1.807) is 24.3 Å². The summed E-state index contributed by atoms with van der Waals surface area (Å²) in [6, 6.07) is 13.2. The fourth-order valence-corrected chi connectivity index (χ4v) is 3.36. The number of aliphatic imine (C=N–C) groups is 1. The lowest BCUT2D eigenvalue weighted by molar-refractivity contribution is -0.137. The van der Waals surface area contributed by atoms with E-state index in [0.717, 1.165) is 23.9 Å². The number of nitrogens with zero attached hydrogens (tertiary/aromatic N) is 1. The fraction of sp³-hybridized carbons (Fsp3) is 0.167. The summed E-state index contributed by atoms with van der Waals surface area (Å²) >= 11 is 1.05. The molecule has 1 aliphatic heterocycles. The Kier molecular flexibility index (Phi) is 5.50. The molecule has 0 spiro atoms. The van der Waals surface area contributed by atoms with Gasteiger partial charge in [0, 0.05) is 12.1 Å². The quantitative estimate of drug-likeness (QED) is 0.830. The van der Waals surface area contributed by atoms with Crippen LogP contribution in [-0.2, 0) is 15.8 Å². The van der Waals surface area contributed by atoms with E-state index in [4.69, 9.17) is 0 Å². The van der Waals surface area contributed by atoms with E-state index >= 15 is 0 Å². The van der Waals surface area contributed by atoms with E-state index in [1.807, 2.05) is 6.07 Å². The molecular formula is C18H14F3N3O2S. The van der Waals surface area contributed by atoms with Crippen LogP contribution < -0.4 is 10.6 Å². The Bertz CT molecular complexity index is 885. The lowest BCUT2D eigenvalue weighted by Crippen LogP contribution is -2.41. The van der Waals surface area contributed by atoms with Crippen LogP contribution in [0.25, 0.3) is 0 Å². The van der Waals surface area contributed by atoms with Crippen molar-refractivity contribution in [3.63, 3.8) is 0 Å². The van der Waals surface area contributed by atoms with E-state index < -0.39 is 22.9 Å². The van der Waals surface area contributed by atoms with Gasteiger partial charge in [0.2, 0.25) is 11.8 Å². The fourth-order valence-electron chi connectivity index (χ4n) is 2.36. The number of carbonyl (C=O) groups excluding carboxylic acids is 2. The largest absolute Gasteiger partial charge is 0.416 e. The first-order valence-electron chi connectivity index (χ1n) is 7.89. The van der Waals surface area contributed by atoms with E-state index in [9.17, 15) is 22.8 Å². The zero-order valence-corrected chi connectivity index (χ0v) is 14.6. The molecule has 0 bridgehead atoms. The van der Waals surface area contributed by atoms with Crippen LogP contribution in [0, 0.1) is 0 Å². The number of rotatable bonds is 3. The molecule has 9 heteroatoms. The number of hydrogen-bond acceptors (Lipinski definition) is 4. The van der Waals surface area contributed by atoms with Gasteiger partial charge in [0.05, 0.1) is 11.3 Å². The molecular weight excluding hydrogens is 379 g/mol. The van der Waals surface area contributed by atoms with Crippen LogP contribution in [0.1, 0.15) is 12.0 Å². The smallest absolute Gasteiger partial charge is 0.325 e. The highest BCUT2D eigenvalue weighted by molar-refractivity contribution is 8.15. The predicted octanol–water partition coefficient (Wildman–Crippen LogP) is 3.95. The van der Waals surface area contributed by atoms with Crippen LogP contribution in [0.15, 0.2) is 59.6 Å². The van der Waals surface area contributed by atoms with Crippen LogP contribution in [0.4, 0.5) is 24.5 Å². The number of para-hydroxylation sites is 1. The number of amides is 2. The molecule has 0 unspecified atom stereocenters. The monoisotopic (exact) mass is 393 g/mol. The maximum absolute atomic E-state index is 12.8. The second-order valence-electron chi connectivity index (χ2n) is 5.68. The van der Waals surface area contributed by atoms with Gasteiger partial charge < -0.3 is 10.6 Å². The molecule has 5 nitrogen and oxygen atoms in total. The van der Waals surface area contributed by atoms with E-state index in [0.29, 0.717) is 5.69 Å². The molecule has 1 saturated heterocycles. The molecule has 3 rings (SSSR count). The van der Waals surface area contributed by atoms with Crippen LogP contribution >= 0.6 is 11.8 Å². The molecule has 2 N–H and O–H groups in total. The number of amidine groups is 1. The van der Waals surface area contributed by atoms with E-state index in [2.05, 4.69) is 15.6 Å². The standard InChI is InChI=1S/C18H14F3N3O2S/c19-18(20,21)11-5-4-8-13(9-11)22-16(26)14-10-15(25)24-17(27-14)23-12-6-2-1-3-7-12/h1-9,14H,10H2,(H,22,26)(H,23,24,25)/t14-/m0/s1. The Morgan fingerprint density at radius 2 is 1.89 bits per heavy atom. The first kappa shape index (κ1) is 19.0. The number of nitrogens with one attached hydrogen (secondary N) is 2. The number of benzene rings is 2. The number of thioether (sulfide) groups is 1. The van der Waals surface area contributed by atoms with Gasteiger partial charge in [-0.2, -0.15) is 13.2 Å². The molecule has 0 aromatic heterocycles. The number of hydrogen-bond donors (Lipinski definition) is 2. The van der Waals surface area contributed by atoms with Gasteiger partial charge in [-0.1, -0.05) is 36.0 Å². The number of alkyl halides is 3. The Hall–Kier alpha value is -2.81. The van der Waals surface area contributed by atoms with Crippen molar-refractivity contribution in [2.24, 2.45) is 4.99 Å². The van der Waals surface area contributed by atoms with Gasteiger partial charge in [-0.05, 0) is 30.3 Å². The Morgan fingerprint density at radius 3 is 2.59 bits per heavy atom. The first-order chi connectivity index (χ1) is 12.8. The van der Waals surface area contributed by atoms with Crippen LogP contribution in [0.5, 0.6) is 0 Å². The van der Waals surface area contributed by atoms with Crippen LogP contribution in [0.3, 0.4) is 0 Å². The summed E-state index contributed by atoms with van der Waals surface area (Å²) in [4.78, 5) is 28.6. The highest BCUT2D eigenvalue weighted by Crippen LogP contribution is 2.31. The molecule has 2 aromatic rings. The van der Waals surface area contributed by atoms with Gasteiger partial charge in [-0.25, -0.2) is 4.99 Å². The summed E-state index contributed by atoms with van der Waals surface area (Å²) in [7, 11) is 0. The second-order valence-corrected chi connectivity index (χ2v) is 6.87. The van der Waals surface area contributed by atoms with E-state index in [-0.39, 0.29) is 23.2 Å². The minimum Gasteiger partial charge on any atom is -0.325 e. The summed E-state index contributed by atoms with van der Waals surface area (Å²) in [6.07, 6.45) is -4.60. The van der Waals surface area contributed by atoms with Gasteiger partial charge in [0.25, 0.3) is 0 Å². The van der Waals surface area contributed by atoms with Gasteiger partial charge in [0.15, 0.2) is 5.17 Å². The average molecular weight is 393 g/mol. The SMILES string of the molecule is O=C1C[C@@H](C(=O)Nc2cccc(C(F)(F)F)c2)SC(=Nc2ccccc2)N1. The van der Waals surface area contributed by atoms with Crippen molar-refractivity contribution in [2.75, 3.05) is 5.32 Å². The molecule has 140 valence electrons. The molecule has 27 heavy (non-hydrogen) atoms. The molecule has 0 saturated carbocycles. The van der Waals surface area contributed by atoms with Crippen molar-refractivity contribution >= 4 is 40.1 Å². The summed E-state index contributed by atoms with van der Waals surface area (Å²) in [5, 5.41) is 4.49. The summed E-state index contributed by atoms with van der Waals surface area (Å²) < 4.78 is 38.4.